The highest BCUT2D eigenvalue weighted by Crippen LogP contribution is 2.27. The molecule has 26 heavy (non-hydrogen) atoms. The van der Waals surface area contributed by atoms with Gasteiger partial charge in [-0.05, 0) is 31.2 Å². The van der Waals surface area contributed by atoms with Crippen molar-refractivity contribution in [2.75, 3.05) is 19.4 Å². The summed E-state index contributed by atoms with van der Waals surface area (Å²) >= 11 is 7.48. The zero-order chi connectivity index (χ0) is 18.9. The maximum atomic E-state index is 13.7. The predicted molar refractivity (Wildman–Crippen MR) is 104 cm³/mol. The topological polar surface area (TPSA) is 47.6 Å². The second kappa shape index (κ2) is 10.3. The number of rotatable bonds is 9. The minimum atomic E-state index is -0.655. The number of amides is 1. The number of carbonyl (C=O) groups excluding carboxylic acids is 1. The quantitative estimate of drug-likeness (QED) is 0.641. The highest BCUT2D eigenvalue weighted by atomic mass is 35.5. The van der Waals surface area contributed by atoms with Crippen LogP contribution in [0.25, 0.3) is 0 Å². The molecular formula is C19H21ClFNO3S. The Hall–Kier alpha value is -1.92. The fraction of sp³-hybridized carbons (Fsp3) is 0.316. The second-order valence-electron chi connectivity index (χ2n) is 5.45. The van der Waals surface area contributed by atoms with E-state index in [2.05, 4.69) is 5.32 Å². The van der Waals surface area contributed by atoms with Crippen LogP contribution in [0.2, 0.25) is 5.02 Å². The Bertz CT molecular complexity index is 724. The Kier molecular flexibility index (Phi) is 8.06. The van der Waals surface area contributed by atoms with Crippen LogP contribution in [0.5, 0.6) is 11.5 Å². The largest absolute Gasteiger partial charge is 0.493 e. The molecule has 0 bridgehead atoms. The molecule has 7 heteroatoms. The number of ether oxygens (including phenoxy) is 2. The first kappa shape index (κ1) is 20.4. The molecule has 0 heterocycles. The molecule has 0 aliphatic heterocycles. The van der Waals surface area contributed by atoms with Gasteiger partial charge < -0.3 is 14.8 Å². The Morgan fingerprint density at radius 3 is 2.65 bits per heavy atom. The minimum absolute atomic E-state index is 0.222. The van der Waals surface area contributed by atoms with Gasteiger partial charge in [0.1, 0.15) is 5.82 Å². The normalized spacial score (nSPS) is 11.7. The summed E-state index contributed by atoms with van der Waals surface area (Å²) in [6, 6.07) is 11.8. The van der Waals surface area contributed by atoms with Crippen molar-refractivity contribution in [2.45, 2.75) is 18.8 Å². The first-order valence-corrected chi connectivity index (χ1v) is 9.64. The number of hydrogen-bond acceptors (Lipinski definition) is 4. The standard InChI is InChI=1S/C19H21ClFNO3S/c1-13(25-18-9-4-3-8-17(18)24-2)19(23)22-10-11-26-12-14-15(20)6-5-7-16(14)21/h3-9,13H,10-12H2,1-2H3,(H,22,23)/t13-/m1/s1. The van der Waals surface area contributed by atoms with E-state index in [0.29, 0.717) is 40.1 Å². The van der Waals surface area contributed by atoms with Gasteiger partial charge in [0.05, 0.1) is 7.11 Å². The summed E-state index contributed by atoms with van der Waals surface area (Å²) in [5.74, 6) is 1.64. The van der Waals surface area contributed by atoms with Crippen molar-refractivity contribution in [3.63, 3.8) is 0 Å². The molecule has 4 nitrogen and oxygen atoms in total. The van der Waals surface area contributed by atoms with Gasteiger partial charge in [-0.1, -0.05) is 29.8 Å². The van der Waals surface area contributed by atoms with E-state index < -0.39 is 6.10 Å². The van der Waals surface area contributed by atoms with Gasteiger partial charge in [0.15, 0.2) is 17.6 Å². The highest BCUT2D eigenvalue weighted by molar-refractivity contribution is 7.98. The lowest BCUT2D eigenvalue weighted by Gasteiger charge is -2.16. The Morgan fingerprint density at radius 1 is 1.23 bits per heavy atom. The lowest BCUT2D eigenvalue weighted by Crippen LogP contribution is -2.37. The maximum absolute atomic E-state index is 13.7. The van der Waals surface area contributed by atoms with E-state index in [4.69, 9.17) is 21.1 Å². The number of benzene rings is 2. The van der Waals surface area contributed by atoms with Crippen molar-refractivity contribution in [2.24, 2.45) is 0 Å². The minimum Gasteiger partial charge on any atom is -0.493 e. The monoisotopic (exact) mass is 397 g/mol. The van der Waals surface area contributed by atoms with E-state index in [1.807, 2.05) is 12.1 Å². The van der Waals surface area contributed by atoms with Gasteiger partial charge in [-0.3, -0.25) is 4.79 Å². The summed E-state index contributed by atoms with van der Waals surface area (Å²) in [7, 11) is 1.55. The lowest BCUT2D eigenvalue weighted by atomic mass is 10.2. The third-order valence-electron chi connectivity index (χ3n) is 3.60. The van der Waals surface area contributed by atoms with E-state index in [0.717, 1.165) is 0 Å². The Morgan fingerprint density at radius 2 is 1.96 bits per heavy atom. The van der Waals surface area contributed by atoms with Crippen LogP contribution >= 0.6 is 23.4 Å². The third kappa shape index (κ3) is 5.81. The number of para-hydroxylation sites is 2. The number of halogens is 2. The fourth-order valence-electron chi connectivity index (χ4n) is 2.19. The average Bonchev–Trinajstić information content (AvgIpc) is 2.63. The van der Waals surface area contributed by atoms with Crippen LogP contribution in [-0.4, -0.2) is 31.4 Å². The summed E-state index contributed by atoms with van der Waals surface area (Å²) in [6.45, 7) is 2.13. The first-order valence-electron chi connectivity index (χ1n) is 8.11. The molecule has 0 unspecified atom stereocenters. The van der Waals surface area contributed by atoms with E-state index in [9.17, 15) is 9.18 Å². The summed E-state index contributed by atoms with van der Waals surface area (Å²) in [5, 5.41) is 3.22. The zero-order valence-corrected chi connectivity index (χ0v) is 16.2. The third-order valence-corrected chi connectivity index (χ3v) is 4.94. The van der Waals surface area contributed by atoms with Crippen LogP contribution in [0.4, 0.5) is 4.39 Å². The van der Waals surface area contributed by atoms with E-state index in [1.165, 1.54) is 17.8 Å². The molecule has 0 aromatic heterocycles. The smallest absolute Gasteiger partial charge is 0.260 e. The number of carbonyl (C=O) groups is 1. The van der Waals surface area contributed by atoms with Crippen LogP contribution in [-0.2, 0) is 10.5 Å². The molecule has 0 saturated carbocycles. The van der Waals surface area contributed by atoms with Crippen molar-refractivity contribution in [3.8, 4) is 11.5 Å². The maximum Gasteiger partial charge on any atom is 0.260 e. The molecule has 0 saturated heterocycles. The second-order valence-corrected chi connectivity index (χ2v) is 6.97. The van der Waals surface area contributed by atoms with E-state index >= 15 is 0 Å². The van der Waals surface area contributed by atoms with E-state index in [1.54, 1.807) is 38.3 Å². The van der Waals surface area contributed by atoms with Crippen molar-refractivity contribution in [1.29, 1.82) is 0 Å². The summed E-state index contributed by atoms with van der Waals surface area (Å²) in [4.78, 5) is 12.1. The molecule has 0 aliphatic rings. The van der Waals surface area contributed by atoms with Crippen molar-refractivity contribution < 1.29 is 18.7 Å². The van der Waals surface area contributed by atoms with Crippen molar-refractivity contribution in [1.82, 2.24) is 5.32 Å². The van der Waals surface area contributed by atoms with Crippen molar-refractivity contribution >= 4 is 29.3 Å². The number of nitrogens with one attached hydrogen (secondary N) is 1. The molecular weight excluding hydrogens is 377 g/mol. The molecule has 0 aliphatic carbocycles. The molecule has 0 spiro atoms. The van der Waals surface area contributed by atoms with Gasteiger partial charge in [-0.2, -0.15) is 11.8 Å². The Labute approximate surface area is 162 Å². The number of methoxy groups -OCH3 is 1. The van der Waals surface area contributed by atoms with Crippen molar-refractivity contribution in [3.05, 3.63) is 58.9 Å². The lowest BCUT2D eigenvalue weighted by molar-refractivity contribution is -0.127. The van der Waals surface area contributed by atoms with E-state index in [-0.39, 0.29) is 11.7 Å². The van der Waals surface area contributed by atoms with Crippen LogP contribution in [0.3, 0.4) is 0 Å². The van der Waals surface area contributed by atoms with Crippen LogP contribution in [0, 0.1) is 5.82 Å². The summed E-state index contributed by atoms with van der Waals surface area (Å²) in [6.07, 6.45) is -0.655. The predicted octanol–water partition coefficient (Wildman–Crippen LogP) is 4.30. The molecule has 0 radical (unpaired) electrons. The molecule has 2 aromatic rings. The number of thioether (sulfide) groups is 1. The fourth-order valence-corrected chi connectivity index (χ4v) is 3.39. The van der Waals surface area contributed by atoms with Gasteiger partial charge in [0.2, 0.25) is 0 Å². The zero-order valence-electron chi connectivity index (χ0n) is 14.6. The van der Waals surface area contributed by atoms with Gasteiger partial charge in [-0.25, -0.2) is 4.39 Å². The molecule has 0 fully saturated rings. The van der Waals surface area contributed by atoms with Gasteiger partial charge >= 0.3 is 0 Å². The van der Waals surface area contributed by atoms with Gasteiger partial charge in [0, 0.05) is 28.6 Å². The molecule has 1 atom stereocenters. The molecule has 2 aromatic carbocycles. The molecule has 1 amide bonds. The average molecular weight is 398 g/mol. The Balaban J connectivity index is 1.73. The van der Waals surface area contributed by atoms with Gasteiger partial charge in [0.25, 0.3) is 5.91 Å². The van der Waals surface area contributed by atoms with Crippen LogP contribution in [0.1, 0.15) is 12.5 Å². The van der Waals surface area contributed by atoms with Crippen LogP contribution in [0.15, 0.2) is 42.5 Å². The summed E-state index contributed by atoms with van der Waals surface area (Å²) < 4.78 is 24.5. The molecule has 2 rings (SSSR count). The highest BCUT2D eigenvalue weighted by Gasteiger charge is 2.16. The molecule has 140 valence electrons. The summed E-state index contributed by atoms with van der Waals surface area (Å²) in [5.41, 5.74) is 0.485. The molecule has 1 N–H and O–H groups in total. The van der Waals surface area contributed by atoms with Crippen LogP contribution < -0.4 is 14.8 Å². The van der Waals surface area contributed by atoms with Gasteiger partial charge in [-0.15, -0.1) is 0 Å². The number of hydrogen-bond donors (Lipinski definition) is 1. The SMILES string of the molecule is COc1ccccc1O[C@H](C)C(=O)NCCSCc1c(F)cccc1Cl. The first-order chi connectivity index (χ1) is 12.5.